The molecule has 0 unspecified atom stereocenters. The second-order valence-electron chi connectivity index (χ2n) is 7.52. The molecule has 0 bridgehead atoms. The zero-order valence-corrected chi connectivity index (χ0v) is 18.8. The Morgan fingerprint density at radius 1 is 1.06 bits per heavy atom. The molecular formula is C23H16ClF4N5O2. The first-order chi connectivity index (χ1) is 16.6. The van der Waals surface area contributed by atoms with Crippen LogP contribution in [0.1, 0.15) is 22.6 Å². The third-order valence-corrected chi connectivity index (χ3v) is 5.12. The highest BCUT2D eigenvalue weighted by molar-refractivity contribution is 6.30. The summed E-state index contributed by atoms with van der Waals surface area (Å²) < 4.78 is 59.7. The Bertz CT molecular complexity index is 1340. The van der Waals surface area contributed by atoms with E-state index in [0.29, 0.717) is 10.6 Å². The van der Waals surface area contributed by atoms with Crippen LogP contribution in [0, 0.1) is 12.7 Å². The zero-order chi connectivity index (χ0) is 25.2. The summed E-state index contributed by atoms with van der Waals surface area (Å²) in [5.74, 6) is -1.20. The van der Waals surface area contributed by atoms with Crippen molar-refractivity contribution in [2.45, 2.75) is 26.1 Å². The van der Waals surface area contributed by atoms with Gasteiger partial charge in [0, 0.05) is 18.1 Å². The molecule has 4 rings (SSSR count). The molecule has 2 aromatic heterocycles. The van der Waals surface area contributed by atoms with Crippen LogP contribution in [-0.4, -0.2) is 26.1 Å². The molecule has 0 aliphatic heterocycles. The molecule has 0 radical (unpaired) electrons. The molecule has 0 atom stereocenters. The first-order valence-electron chi connectivity index (χ1n) is 10.1. The first kappa shape index (κ1) is 24.3. The topological polar surface area (TPSA) is 85.0 Å². The van der Waals surface area contributed by atoms with Crippen molar-refractivity contribution in [1.29, 1.82) is 0 Å². The van der Waals surface area contributed by atoms with Gasteiger partial charge < -0.3 is 9.32 Å². The number of carbonyl (C=O) groups is 1. The number of anilines is 1. The summed E-state index contributed by atoms with van der Waals surface area (Å²) in [5, 5.41) is 8.02. The standard InChI is InChI=1S/C23H16ClF4N5O2/c1-13-2-3-14(18(8-13)23(26,27)28)9-20(34)33(17-6-4-16(25)5-7-17)12-19-31-32-22(35-19)21-29-10-15(24)11-30-21/h2-8,10-11H,9,12H2,1H3. The van der Waals surface area contributed by atoms with Crippen LogP contribution >= 0.6 is 11.6 Å². The number of rotatable bonds is 6. The molecule has 4 aromatic rings. The van der Waals surface area contributed by atoms with E-state index in [4.69, 9.17) is 16.0 Å². The summed E-state index contributed by atoms with van der Waals surface area (Å²) in [5.41, 5.74) is -0.447. The quantitative estimate of drug-likeness (QED) is 0.325. The number of hydrogen-bond donors (Lipinski definition) is 0. The second kappa shape index (κ2) is 9.79. The van der Waals surface area contributed by atoms with E-state index in [9.17, 15) is 22.4 Å². The molecule has 0 fully saturated rings. The molecular weight excluding hydrogens is 490 g/mol. The number of nitrogens with zero attached hydrogens (tertiary/aromatic N) is 5. The van der Waals surface area contributed by atoms with Crippen LogP contribution in [0.2, 0.25) is 5.02 Å². The fourth-order valence-corrected chi connectivity index (χ4v) is 3.37. The summed E-state index contributed by atoms with van der Waals surface area (Å²) >= 11 is 5.77. The second-order valence-corrected chi connectivity index (χ2v) is 7.95. The van der Waals surface area contributed by atoms with Gasteiger partial charge in [-0.1, -0.05) is 29.3 Å². The van der Waals surface area contributed by atoms with Gasteiger partial charge in [-0.3, -0.25) is 4.79 Å². The number of aromatic nitrogens is 4. The van der Waals surface area contributed by atoms with Crippen LogP contribution in [0.4, 0.5) is 23.2 Å². The van der Waals surface area contributed by atoms with Gasteiger partial charge in [-0.15, -0.1) is 10.2 Å². The average Bonchev–Trinajstić information content (AvgIpc) is 3.28. The highest BCUT2D eigenvalue weighted by Crippen LogP contribution is 2.33. The lowest BCUT2D eigenvalue weighted by Gasteiger charge is -2.22. The molecule has 0 spiro atoms. The monoisotopic (exact) mass is 505 g/mol. The Hall–Kier alpha value is -3.86. The molecule has 0 saturated heterocycles. The molecule has 35 heavy (non-hydrogen) atoms. The first-order valence-corrected chi connectivity index (χ1v) is 10.5. The van der Waals surface area contributed by atoms with Crippen LogP contribution in [0.25, 0.3) is 11.7 Å². The smallest absolute Gasteiger partial charge is 0.416 e. The lowest BCUT2D eigenvalue weighted by atomic mass is 10.0. The molecule has 0 aliphatic carbocycles. The Balaban J connectivity index is 1.64. The summed E-state index contributed by atoms with van der Waals surface area (Å²) in [6.45, 7) is 1.25. The maximum Gasteiger partial charge on any atom is 0.416 e. The van der Waals surface area contributed by atoms with Gasteiger partial charge in [0.1, 0.15) is 12.4 Å². The molecule has 12 heteroatoms. The fraction of sp³-hybridized carbons (Fsp3) is 0.174. The number of hydrogen-bond acceptors (Lipinski definition) is 6. The maximum atomic E-state index is 13.6. The van der Waals surface area contributed by atoms with Crippen molar-refractivity contribution in [3.8, 4) is 11.7 Å². The van der Waals surface area contributed by atoms with Gasteiger partial charge in [-0.25, -0.2) is 14.4 Å². The zero-order valence-electron chi connectivity index (χ0n) is 18.1. The molecule has 0 N–H and O–H groups in total. The third kappa shape index (κ3) is 5.80. The normalized spacial score (nSPS) is 11.5. The Morgan fingerprint density at radius 2 is 1.74 bits per heavy atom. The van der Waals surface area contributed by atoms with Crippen molar-refractivity contribution < 1.29 is 26.8 Å². The number of aryl methyl sites for hydroxylation is 1. The molecule has 180 valence electrons. The van der Waals surface area contributed by atoms with Gasteiger partial charge in [-0.2, -0.15) is 13.2 Å². The number of halogens is 5. The summed E-state index contributed by atoms with van der Waals surface area (Å²) in [6, 6.07) is 8.66. The average molecular weight is 506 g/mol. The van der Waals surface area contributed by atoms with Crippen molar-refractivity contribution in [2.24, 2.45) is 0 Å². The van der Waals surface area contributed by atoms with Crippen LogP contribution in [0.5, 0.6) is 0 Å². The molecule has 1 amide bonds. The lowest BCUT2D eigenvalue weighted by molar-refractivity contribution is -0.138. The minimum Gasteiger partial charge on any atom is -0.416 e. The molecule has 0 saturated carbocycles. The van der Waals surface area contributed by atoms with Crippen LogP contribution in [-0.2, 0) is 23.9 Å². The van der Waals surface area contributed by atoms with Gasteiger partial charge >= 0.3 is 6.18 Å². The van der Waals surface area contributed by atoms with Crippen molar-refractivity contribution in [2.75, 3.05) is 4.90 Å². The van der Waals surface area contributed by atoms with E-state index in [1.54, 1.807) is 0 Å². The van der Waals surface area contributed by atoms with Crippen LogP contribution in [0.3, 0.4) is 0 Å². The van der Waals surface area contributed by atoms with E-state index in [2.05, 4.69) is 20.2 Å². The van der Waals surface area contributed by atoms with Gasteiger partial charge in [0.05, 0.1) is 17.0 Å². The highest BCUT2D eigenvalue weighted by atomic mass is 35.5. The van der Waals surface area contributed by atoms with Gasteiger partial charge in [-0.05, 0) is 42.8 Å². The van der Waals surface area contributed by atoms with E-state index in [0.717, 1.165) is 23.1 Å². The minimum atomic E-state index is -4.64. The molecule has 7 nitrogen and oxygen atoms in total. The van der Waals surface area contributed by atoms with Crippen LogP contribution in [0.15, 0.2) is 59.3 Å². The fourth-order valence-electron chi connectivity index (χ4n) is 3.28. The Morgan fingerprint density at radius 3 is 2.40 bits per heavy atom. The number of amides is 1. The molecule has 2 heterocycles. The Labute approximate surface area is 201 Å². The number of alkyl halides is 3. The maximum absolute atomic E-state index is 13.6. The van der Waals surface area contributed by atoms with E-state index >= 15 is 0 Å². The van der Waals surface area contributed by atoms with Gasteiger partial charge in [0.25, 0.3) is 5.89 Å². The minimum absolute atomic E-state index is 0.0313. The van der Waals surface area contributed by atoms with E-state index in [-0.39, 0.29) is 35.4 Å². The van der Waals surface area contributed by atoms with Crippen molar-refractivity contribution in [3.63, 3.8) is 0 Å². The number of carbonyl (C=O) groups excluding carboxylic acids is 1. The molecule has 2 aromatic carbocycles. The Kier molecular flexibility index (Phi) is 6.79. The summed E-state index contributed by atoms with van der Waals surface area (Å²) in [6.07, 6.45) is -2.53. The largest absolute Gasteiger partial charge is 0.416 e. The predicted molar refractivity (Wildman–Crippen MR) is 118 cm³/mol. The van der Waals surface area contributed by atoms with E-state index in [1.165, 1.54) is 43.6 Å². The summed E-state index contributed by atoms with van der Waals surface area (Å²) in [7, 11) is 0. The summed E-state index contributed by atoms with van der Waals surface area (Å²) in [4.78, 5) is 22.3. The predicted octanol–water partition coefficient (Wildman–Crippen LogP) is 5.42. The van der Waals surface area contributed by atoms with Gasteiger partial charge in [0.15, 0.2) is 0 Å². The highest BCUT2D eigenvalue weighted by Gasteiger charge is 2.34. The van der Waals surface area contributed by atoms with E-state index < -0.39 is 29.9 Å². The SMILES string of the molecule is Cc1ccc(CC(=O)N(Cc2nnc(-c3ncc(Cl)cn3)o2)c2ccc(F)cc2)c(C(F)(F)F)c1. The lowest BCUT2D eigenvalue weighted by Crippen LogP contribution is -2.32. The molecule has 0 aliphatic rings. The van der Waals surface area contributed by atoms with Crippen molar-refractivity contribution in [3.05, 3.63) is 88.3 Å². The van der Waals surface area contributed by atoms with Gasteiger partial charge in [0.2, 0.25) is 17.6 Å². The van der Waals surface area contributed by atoms with Crippen molar-refractivity contribution >= 4 is 23.2 Å². The van der Waals surface area contributed by atoms with Crippen molar-refractivity contribution in [1.82, 2.24) is 20.2 Å². The third-order valence-electron chi connectivity index (χ3n) is 4.92. The van der Waals surface area contributed by atoms with Crippen LogP contribution < -0.4 is 4.90 Å². The van der Waals surface area contributed by atoms with E-state index in [1.807, 2.05) is 0 Å². The number of benzene rings is 2.